The van der Waals surface area contributed by atoms with Gasteiger partial charge in [-0.15, -0.1) is 0 Å². The number of rotatable bonds is 2. The Hall–Kier alpha value is -2.55. The monoisotopic (exact) mass is 251 g/mol. The molecular weight excluding hydrogens is 238 g/mol. The minimum absolute atomic E-state index is 0.248. The van der Waals surface area contributed by atoms with Gasteiger partial charge in [0.15, 0.2) is 0 Å². The summed E-state index contributed by atoms with van der Waals surface area (Å²) in [6.07, 6.45) is 1.77. The second-order valence-electron chi connectivity index (χ2n) is 4.47. The summed E-state index contributed by atoms with van der Waals surface area (Å²) < 4.78 is 5.69. The maximum absolute atomic E-state index is 9.49. The van der Waals surface area contributed by atoms with Gasteiger partial charge < -0.3 is 9.84 Å². The molecule has 1 N–H and O–H groups in total. The van der Waals surface area contributed by atoms with Crippen LogP contribution in [0.4, 0.5) is 0 Å². The molecule has 94 valence electrons. The molecular formula is C16H13NO2. The lowest BCUT2D eigenvalue weighted by atomic mass is 10.1. The predicted octanol–water partition coefficient (Wildman–Crippen LogP) is 4.04. The minimum atomic E-state index is 0.248. The number of pyridine rings is 1. The van der Waals surface area contributed by atoms with Crippen LogP contribution in [0.3, 0.4) is 0 Å². The van der Waals surface area contributed by atoms with Crippen LogP contribution in [0.5, 0.6) is 17.4 Å². The van der Waals surface area contributed by atoms with Crippen molar-refractivity contribution in [3.8, 4) is 17.4 Å². The predicted molar refractivity (Wildman–Crippen MR) is 74.7 cm³/mol. The second kappa shape index (κ2) is 4.61. The Morgan fingerprint density at radius 3 is 2.58 bits per heavy atom. The van der Waals surface area contributed by atoms with Crippen molar-refractivity contribution in [3.05, 3.63) is 60.3 Å². The van der Waals surface area contributed by atoms with E-state index in [4.69, 9.17) is 4.74 Å². The molecule has 0 aliphatic heterocycles. The van der Waals surface area contributed by atoms with Gasteiger partial charge in [0.2, 0.25) is 5.88 Å². The number of aromatic hydroxyl groups is 1. The number of hydrogen-bond acceptors (Lipinski definition) is 3. The molecule has 0 radical (unpaired) electrons. The molecule has 0 amide bonds. The van der Waals surface area contributed by atoms with E-state index in [1.807, 2.05) is 43.3 Å². The van der Waals surface area contributed by atoms with Crippen molar-refractivity contribution in [2.45, 2.75) is 6.92 Å². The van der Waals surface area contributed by atoms with Crippen LogP contribution in [-0.4, -0.2) is 10.1 Å². The van der Waals surface area contributed by atoms with Gasteiger partial charge in [-0.3, -0.25) is 0 Å². The Morgan fingerprint density at radius 2 is 1.79 bits per heavy atom. The third-order valence-electron chi connectivity index (χ3n) is 2.90. The first-order valence-electron chi connectivity index (χ1n) is 6.04. The Labute approximate surface area is 111 Å². The van der Waals surface area contributed by atoms with Gasteiger partial charge in [0.25, 0.3) is 0 Å². The number of aryl methyl sites for hydroxylation is 1. The fourth-order valence-electron chi connectivity index (χ4n) is 1.91. The van der Waals surface area contributed by atoms with Crippen molar-refractivity contribution < 1.29 is 9.84 Å². The average Bonchev–Trinajstić information content (AvgIpc) is 2.41. The molecule has 3 aromatic rings. The van der Waals surface area contributed by atoms with Crippen LogP contribution >= 0.6 is 0 Å². The van der Waals surface area contributed by atoms with Gasteiger partial charge in [-0.25, -0.2) is 4.98 Å². The third-order valence-corrected chi connectivity index (χ3v) is 2.90. The number of phenolic OH excluding ortho intramolecular Hbond substituents is 1. The fraction of sp³-hybridized carbons (Fsp3) is 0.0625. The highest BCUT2D eigenvalue weighted by Crippen LogP contribution is 2.26. The van der Waals surface area contributed by atoms with Crippen LogP contribution in [0.2, 0.25) is 0 Å². The van der Waals surface area contributed by atoms with E-state index in [1.54, 1.807) is 18.3 Å². The van der Waals surface area contributed by atoms with E-state index in [1.165, 1.54) is 0 Å². The lowest BCUT2D eigenvalue weighted by Gasteiger charge is -2.06. The Kier molecular flexibility index (Phi) is 2.80. The zero-order valence-electron chi connectivity index (χ0n) is 10.5. The van der Waals surface area contributed by atoms with Gasteiger partial charge in [-0.2, -0.15) is 0 Å². The number of fused-ring (bicyclic) bond motifs is 1. The van der Waals surface area contributed by atoms with E-state index in [0.29, 0.717) is 11.6 Å². The molecule has 3 nitrogen and oxygen atoms in total. The summed E-state index contributed by atoms with van der Waals surface area (Å²) >= 11 is 0. The first-order chi connectivity index (χ1) is 9.20. The quantitative estimate of drug-likeness (QED) is 0.747. The van der Waals surface area contributed by atoms with E-state index in [2.05, 4.69) is 4.98 Å². The molecule has 1 aromatic heterocycles. The summed E-state index contributed by atoms with van der Waals surface area (Å²) in [6, 6.07) is 14.8. The van der Waals surface area contributed by atoms with Crippen LogP contribution < -0.4 is 4.74 Å². The Balaban J connectivity index is 1.94. The first kappa shape index (κ1) is 11.5. The van der Waals surface area contributed by atoms with Gasteiger partial charge in [0.05, 0.1) is 0 Å². The highest BCUT2D eigenvalue weighted by atomic mass is 16.5. The van der Waals surface area contributed by atoms with Crippen molar-refractivity contribution in [1.29, 1.82) is 0 Å². The van der Waals surface area contributed by atoms with Gasteiger partial charge in [0, 0.05) is 12.3 Å². The van der Waals surface area contributed by atoms with Crippen molar-refractivity contribution >= 4 is 10.8 Å². The van der Waals surface area contributed by atoms with Gasteiger partial charge in [-0.05, 0) is 47.5 Å². The van der Waals surface area contributed by atoms with Crippen LogP contribution in [0.15, 0.2) is 54.7 Å². The number of phenols is 1. The molecule has 0 saturated heterocycles. The highest BCUT2D eigenvalue weighted by molar-refractivity contribution is 5.85. The molecule has 19 heavy (non-hydrogen) atoms. The van der Waals surface area contributed by atoms with Crippen LogP contribution in [0, 0.1) is 6.92 Å². The highest BCUT2D eigenvalue weighted by Gasteiger charge is 2.01. The molecule has 0 bridgehead atoms. The van der Waals surface area contributed by atoms with Gasteiger partial charge >= 0.3 is 0 Å². The summed E-state index contributed by atoms with van der Waals surface area (Å²) in [5, 5.41) is 11.5. The summed E-state index contributed by atoms with van der Waals surface area (Å²) in [7, 11) is 0. The number of nitrogens with zero attached hydrogens (tertiary/aromatic N) is 1. The lowest BCUT2D eigenvalue weighted by Crippen LogP contribution is -1.88. The molecule has 0 unspecified atom stereocenters. The number of benzene rings is 2. The normalized spacial score (nSPS) is 10.6. The summed E-state index contributed by atoms with van der Waals surface area (Å²) in [5.74, 6) is 1.51. The van der Waals surface area contributed by atoms with Crippen molar-refractivity contribution in [2.24, 2.45) is 0 Å². The Morgan fingerprint density at radius 1 is 0.947 bits per heavy atom. The molecule has 0 spiro atoms. The van der Waals surface area contributed by atoms with E-state index in [9.17, 15) is 5.11 Å². The molecule has 0 aliphatic rings. The second-order valence-corrected chi connectivity index (χ2v) is 4.47. The zero-order valence-corrected chi connectivity index (χ0v) is 10.5. The molecule has 0 saturated carbocycles. The smallest absolute Gasteiger partial charge is 0.219 e. The van der Waals surface area contributed by atoms with E-state index < -0.39 is 0 Å². The Bertz CT molecular complexity index is 720. The third kappa shape index (κ3) is 2.50. The average molecular weight is 251 g/mol. The minimum Gasteiger partial charge on any atom is -0.508 e. The largest absolute Gasteiger partial charge is 0.508 e. The summed E-state index contributed by atoms with van der Waals surface area (Å²) in [4.78, 5) is 4.20. The number of aromatic nitrogens is 1. The molecule has 0 aliphatic carbocycles. The first-order valence-corrected chi connectivity index (χ1v) is 6.04. The van der Waals surface area contributed by atoms with Crippen molar-refractivity contribution in [1.82, 2.24) is 4.98 Å². The van der Waals surface area contributed by atoms with Crippen LogP contribution in [0.1, 0.15) is 5.56 Å². The van der Waals surface area contributed by atoms with Crippen molar-refractivity contribution in [2.75, 3.05) is 0 Å². The van der Waals surface area contributed by atoms with E-state index >= 15 is 0 Å². The van der Waals surface area contributed by atoms with Gasteiger partial charge in [-0.1, -0.05) is 18.2 Å². The number of ether oxygens (including phenoxy) is 1. The zero-order chi connectivity index (χ0) is 13.2. The van der Waals surface area contributed by atoms with E-state index in [0.717, 1.165) is 16.3 Å². The molecule has 3 rings (SSSR count). The van der Waals surface area contributed by atoms with E-state index in [-0.39, 0.29) is 5.75 Å². The van der Waals surface area contributed by atoms with Gasteiger partial charge in [0.1, 0.15) is 11.5 Å². The lowest BCUT2D eigenvalue weighted by molar-refractivity contribution is 0.463. The number of hydrogen-bond donors (Lipinski definition) is 1. The fourth-order valence-corrected chi connectivity index (χ4v) is 1.91. The molecule has 1 heterocycles. The maximum atomic E-state index is 9.49. The summed E-state index contributed by atoms with van der Waals surface area (Å²) in [6.45, 7) is 1.98. The molecule has 2 aromatic carbocycles. The molecule has 0 atom stereocenters. The SMILES string of the molecule is Cc1ccc(Oc2ccc3ccc(O)cc3c2)nc1. The van der Waals surface area contributed by atoms with Crippen molar-refractivity contribution in [3.63, 3.8) is 0 Å². The van der Waals surface area contributed by atoms with Crippen LogP contribution in [-0.2, 0) is 0 Å². The maximum Gasteiger partial charge on any atom is 0.219 e. The standard InChI is InChI=1S/C16H13NO2/c1-11-2-7-16(17-10-11)19-15-6-4-12-3-5-14(18)8-13(12)9-15/h2-10,18H,1H3. The molecule has 0 fully saturated rings. The molecule has 3 heteroatoms. The van der Waals surface area contributed by atoms with Crippen LogP contribution in [0.25, 0.3) is 10.8 Å². The topological polar surface area (TPSA) is 42.4 Å². The summed E-state index contributed by atoms with van der Waals surface area (Å²) in [5.41, 5.74) is 1.09.